The third-order valence-corrected chi connectivity index (χ3v) is 3.17. The SMILES string of the molecule is CC[C@@H](NC(=O)C1CNc2ccccc21)C(=O)O. The van der Waals surface area contributed by atoms with Crippen molar-refractivity contribution in [3.05, 3.63) is 29.8 Å². The van der Waals surface area contributed by atoms with Crippen LogP contribution in [0.2, 0.25) is 0 Å². The van der Waals surface area contributed by atoms with Crippen LogP contribution in [0.3, 0.4) is 0 Å². The molecule has 1 aliphatic rings. The fraction of sp³-hybridized carbons (Fsp3) is 0.385. The van der Waals surface area contributed by atoms with E-state index >= 15 is 0 Å². The number of benzene rings is 1. The number of hydrogen-bond donors (Lipinski definition) is 3. The summed E-state index contributed by atoms with van der Waals surface area (Å²) in [6, 6.07) is 6.77. The highest BCUT2D eigenvalue weighted by molar-refractivity contribution is 5.91. The normalized spacial score (nSPS) is 18.6. The third kappa shape index (κ3) is 2.30. The van der Waals surface area contributed by atoms with E-state index in [-0.39, 0.29) is 11.8 Å². The minimum atomic E-state index is -0.995. The highest BCUT2D eigenvalue weighted by Crippen LogP contribution is 2.31. The van der Waals surface area contributed by atoms with E-state index in [4.69, 9.17) is 5.11 Å². The van der Waals surface area contributed by atoms with Crippen LogP contribution in [0.15, 0.2) is 24.3 Å². The Morgan fingerprint density at radius 3 is 2.89 bits per heavy atom. The molecule has 0 saturated carbocycles. The van der Waals surface area contributed by atoms with Gasteiger partial charge in [0, 0.05) is 12.2 Å². The van der Waals surface area contributed by atoms with E-state index in [0.29, 0.717) is 13.0 Å². The van der Waals surface area contributed by atoms with Crippen molar-refractivity contribution in [2.75, 3.05) is 11.9 Å². The molecular weight excluding hydrogens is 232 g/mol. The zero-order valence-corrected chi connectivity index (χ0v) is 10.1. The second-order valence-corrected chi connectivity index (χ2v) is 4.33. The zero-order valence-electron chi connectivity index (χ0n) is 10.1. The van der Waals surface area contributed by atoms with Crippen molar-refractivity contribution in [1.29, 1.82) is 0 Å². The van der Waals surface area contributed by atoms with Gasteiger partial charge in [-0.15, -0.1) is 0 Å². The molecule has 2 rings (SSSR count). The molecule has 96 valence electrons. The molecule has 3 N–H and O–H groups in total. The lowest BCUT2D eigenvalue weighted by Gasteiger charge is -2.16. The molecule has 5 heteroatoms. The largest absolute Gasteiger partial charge is 0.480 e. The molecule has 0 aliphatic carbocycles. The standard InChI is InChI=1S/C13H16N2O3/c1-2-10(13(17)18)15-12(16)9-7-14-11-6-4-3-5-8(9)11/h3-6,9-10,14H,2,7H2,1H3,(H,15,16)(H,17,18)/t9?,10-/m1/s1. The quantitative estimate of drug-likeness (QED) is 0.747. The summed E-state index contributed by atoms with van der Waals surface area (Å²) in [6.07, 6.45) is 0.378. The molecule has 0 bridgehead atoms. The molecule has 0 radical (unpaired) electrons. The molecule has 1 heterocycles. The number of hydrogen-bond acceptors (Lipinski definition) is 3. The van der Waals surface area contributed by atoms with Gasteiger partial charge in [-0.3, -0.25) is 4.79 Å². The maximum Gasteiger partial charge on any atom is 0.326 e. The lowest BCUT2D eigenvalue weighted by molar-refractivity contribution is -0.142. The first-order valence-electron chi connectivity index (χ1n) is 5.99. The first-order valence-corrected chi connectivity index (χ1v) is 5.99. The molecule has 1 aromatic carbocycles. The zero-order chi connectivity index (χ0) is 13.1. The Labute approximate surface area is 105 Å². The van der Waals surface area contributed by atoms with Crippen LogP contribution in [0.5, 0.6) is 0 Å². The van der Waals surface area contributed by atoms with Gasteiger partial charge in [0.1, 0.15) is 6.04 Å². The maximum atomic E-state index is 12.1. The summed E-state index contributed by atoms with van der Waals surface area (Å²) in [5, 5.41) is 14.6. The van der Waals surface area contributed by atoms with E-state index in [2.05, 4.69) is 10.6 Å². The van der Waals surface area contributed by atoms with Crippen LogP contribution in [-0.2, 0) is 9.59 Å². The molecule has 0 saturated heterocycles. The van der Waals surface area contributed by atoms with Gasteiger partial charge in [-0.1, -0.05) is 25.1 Å². The first kappa shape index (κ1) is 12.4. The molecule has 1 unspecified atom stereocenters. The Kier molecular flexibility index (Phi) is 3.50. The molecule has 0 aromatic heterocycles. The Hall–Kier alpha value is -2.04. The highest BCUT2D eigenvalue weighted by atomic mass is 16.4. The summed E-state index contributed by atoms with van der Waals surface area (Å²) in [5.41, 5.74) is 1.87. The van der Waals surface area contributed by atoms with Crippen molar-refractivity contribution in [1.82, 2.24) is 5.32 Å². The number of carbonyl (C=O) groups is 2. The summed E-state index contributed by atoms with van der Waals surface area (Å²) in [4.78, 5) is 23.0. The van der Waals surface area contributed by atoms with Gasteiger partial charge in [-0.25, -0.2) is 4.79 Å². The number of fused-ring (bicyclic) bond motifs is 1. The van der Waals surface area contributed by atoms with Crippen molar-refractivity contribution in [2.45, 2.75) is 25.3 Å². The monoisotopic (exact) mass is 248 g/mol. The Balaban J connectivity index is 2.10. The minimum Gasteiger partial charge on any atom is -0.480 e. The lowest BCUT2D eigenvalue weighted by Crippen LogP contribution is -2.43. The number of aliphatic carboxylic acids is 1. The Morgan fingerprint density at radius 2 is 2.22 bits per heavy atom. The van der Waals surface area contributed by atoms with Crippen LogP contribution in [0, 0.1) is 0 Å². The summed E-state index contributed by atoms with van der Waals surface area (Å²) in [5.74, 6) is -1.54. The Morgan fingerprint density at radius 1 is 1.50 bits per heavy atom. The van der Waals surface area contributed by atoms with Gasteiger partial charge >= 0.3 is 5.97 Å². The number of carbonyl (C=O) groups excluding carboxylic acids is 1. The van der Waals surface area contributed by atoms with Gasteiger partial charge in [-0.05, 0) is 18.1 Å². The predicted octanol–water partition coefficient (Wildman–Crippen LogP) is 1.18. The van der Waals surface area contributed by atoms with Crippen LogP contribution in [0.4, 0.5) is 5.69 Å². The number of anilines is 1. The van der Waals surface area contributed by atoms with Crippen LogP contribution >= 0.6 is 0 Å². The number of carboxylic acids is 1. The van der Waals surface area contributed by atoms with Crippen molar-refractivity contribution in [3.63, 3.8) is 0 Å². The molecule has 0 fully saturated rings. The summed E-state index contributed by atoms with van der Waals surface area (Å²) < 4.78 is 0. The number of para-hydroxylation sites is 1. The van der Waals surface area contributed by atoms with Gasteiger partial charge in [0.2, 0.25) is 5.91 Å². The molecule has 1 aliphatic heterocycles. The Bertz CT molecular complexity index is 473. The van der Waals surface area contributed by atoms with E-state index in [9.17, 15) is 9.59 Å². The van der Waals surface area contributed by atoms with Crippen LogP contribution in [0.1, 0.15) is 24.8 Å². The van der Waals surface area contributed by atoms with Crippen molar-refractivity contribution in [2.24, 2.45) is 0 Å². The smallest absolute Gasteiger partial charge is 0.326 e. The van der Waals surface area contributed by atoms with Crippen LogP contribution in [0.25, 0.3) is 0 Å². The number of rotatable bonds is 4. The van der Waals surface area contributed by atoms with E-state index < -0.39 is 12.0 Å². The average Bonchev–Trinajstić information content (AvgIpc) is 2.79. The van der Waals surface area contributed by atoms with Crippen molar-refractivity contribution < 1.29 is 14.7 Å². The van der Waals surface area contributed by atoms with Gasteiger partial charge in [0.25, 0.3) is 0 Å². The summed E-state index contributed by atoms with van der Waals surface area (Å²) >= 11 is 0. The fourth-order valence-electron chi connectivity index (χ4n) is 2.13. The summed E-state index contributed by atoms with van der Waals surface area (Å²) in [6.45, 7) is 2.25. The minimum absolute atomic E-state index is 0.235. The first-order chi connectivity index (χ1) is 8.63. The molecule has 5 nitrogen and oxygen atoms in total. The van der Waals surface area contributed by atoms with Gasteiger partial charge < -0.3 is 15.7 Å². The molecule has 18 heavy (non-hydrogen) atoms. The maximum absolute atomic E-state index is 12.1. The lowest BCUT2D eigenvalue weighted by atomic mass is 10.00. The number of nitrogens with one attached hydrogen (secondary N) is 2. The van der Waals surface area contributed by atoms with E-state index in [1.807, 2.05) is 24.3 Å². The van der Waals surface area contributed by atoms with Crippen molar-refractivity contribution in [3.8, 4) is 0 Å². The number of carboxylic acid groups (broad SMARTS) is 1. The van der Waals surface area contributed by atoms with Gasteiger partial charge in [0.15, 0.2) is 0 Å². The van der Waals surface area contributed by atoms with E-state index in [1.54, 1.807) is 6.92 Å². The van der Waals surface area contributed by atoms with Crippen LogP contribution < -0.4 is 10.6 Å². The van der Waals surface area contributed by atoms with E-state index in [1.165, 1.54) is 0 Å². The predicted molar refractivity (Wildman–Crippen MR) is 67.5 cm³/mol. The molecule has 2 atom stereocenters. The molecular formula is C13H16N2O3. The second-order valence-electron chi connectivity index (χ2n) is 4.33. The van der Waals surface area contributed by atoms with Crippen molar-refractivity contribution >= 4 is 17.6 Å². The molecule has 0 spiro atoms. The fourth-order valence-corrected chi connectivity index (χ4v) is 2.13. The second kappa shape index (κ2) is 5.08. The third-order valence-electron chi connectivity index (χ3n) is 3.17. The molecule has 1 amide bonds. The summed E-state index contributed by atoms with van der Waals surface area (Å²) in [7, 11) is 0. The van der Waals surface area contributed by atoms with E-state index in [0.717, 1.165) is 11.3 Å². The van der Waals surface area contributed by atoms with Crippen LogP contribution in [-0.4, -0.2) is 29.6 Å². The molecule has 1 aromatic rings. The highest BCUT2D eigenvalue weighted by Gasteiger charge is 2.30. The topological polar surface area (TPSA) is 78.4 Å². The van der Waals surface area contributed by atoms with Gasteiger partial charge in [-0.2, -0.15) is 0 Å². The number of amides is 1. The average molecular weight is 248 g/mol. The van der Waals surface area contributed by atoms with Gasteiger partial charge in [0.05, 0.1) is 5.92 Å².